The normalized spacial score (nSPS) is 22.3. The number of rotatable bonds is 3. The zero-order valence-electron chi connectivity index (χ0n) is 9.44. The number of nitrogens with zero attached hydrogens (tertiary/aromatic N) is 3. The van der Waals surface area contributed by atoms with Crippen LogP contribution in [0.1, 0.15) is 12.8 Å². The molecular weight excluding hydrogens is 260 g/mol. The van der Waals surface area contributed by atoms with Crippen LogP contribution in [0.15, 0.2) is 12.4 Å². The van der Waals surface area contributed by atoms with Crippen LogP contribution in [0.5, 0.6) is 0 Å². The fourth-order valence-corrected chi connectivity index (χ4v) is 3.45. The summed E-state index contributed by atoms with van der Waals surface area (Å²) in [5.41, 5.74) is -0.197. The van der Waals surface area contributed by atoms with E-state index in [4.69, 9.17) is 0 Å². The van der Waals surface area contributed by atoms with Gasteiger partial charge in [-0.05, 0) is 12.8 Å². The Hall–Kier alpha value is -1.77. The lowest BCUT2D eigenvalue weighted by molar-refractivity contribution is -0.385. The van der Waals surface area contributed by atoms with Crippen molar-refractivity contribution in [1.82, 2.24) is 9.97 Å². The molecule has 1 fully saturated rings. The number of hydrogen-bond donors (Lipinski definition) is 1. The first kappa shape index (κ1) is 12.7. The minimum Gasteiger partial charge on any atom is -0.350 e. The van der Waals surface area contributed by atoms with E-state index in [1.165, 1.54) is 0 Å². The van der Waals surface area contributed by atoms with E-state index in [0.29, 0.717) is 6.42 Å². The lowest BCUT2D eigenvalue weighted by Gasteiger charge is -2.22. The molecule has 2 heterocycles. The van der Waals surface area contributed by atoms with Gasteiger partial charge in [-0.3, -0.25) is 10.1 Å². The summed E-state index contributed by atoms with van der Waals surface area (Å²) < 4.78 is 22.8. The van der Waals surface area contributed by atoms with Crippen LogP contribution < -0.4 is 5.32 Å². The van der Waals surface area contributed by atoms with Gasteiger partial charge < -0.3 is 5.32 Å². The van der Waals surface area contributed by atoms with Crippen molar-refractivity contribution in [1.29, 1.82) is 0 Å². The number of anilines is 1. The summed E-state index contributed by atoms with van der Waals surface area (Å²) in [4.78, 5) is 17.4. The molecular formula is C9H12N4O4S. The molecule has 0 bridgehead atoms. The lowest BCUT2D eigenvalue weighted by Crippen LogP contribution is -2.35. The van der Waals surface area contributed by atoms with E-state index in [2.05, 4.69) is 15.3 Å². The minimum absolute atomic E-state index is 0.0490. The van der Waals surface area contributed by atoms with Crippen LogP contribution in [0.25, 0.3) is 0 Å². The zero-order valence-corrected chi connectivity index (χ0v) is 10.3. The summed E-state index contributed by atoms with van der Waals surface area (Å²) in [5, 5.41) is 13.3. The van der Waals surface area contributed by atoms with Crippen molar-refractivity contribution in [3.05, 3.63) is 22.5 Å². The second-order valence-electron chi connectivity index (χ2n) is 4.12. The van der Waals surface area contributed by atoms with Crippen LogP contribution in [0.4, 0.5) is 11.6 Å². The van der Waals surface area contributed by atoms with E-state index in [1.807, 2.05) is 0 Å². The van der Waals surface area contributed by atoms with E-state index >= 15 is 0 Å². The maximum atomic E-state index is 11.4. The number of nitro groups is 1. The van der Waals surface area contributed by atoms with Crippen LogP contribution in [0.2, 0.25) is 0 Å². The van der Waals surface area contributed by atoms with E-state index in [1.54, 1.807) is 0 Å². The summed E-state index contributed by atoms with van der Waals surface area (Å²) in [7, 11) is -3.00. The number of nitrogens with one attached hydrogen (secondary N) is 1. The molecule has 8 nitrogen and oxygen atoms in total. The van der Waals surface area contributed by atoms with Crippen LogP contribution >= 0.6 is 0 Å². The Kier molecular flexibility index (Phi) is 3.41. The molecule has 98 valence electrons. The monoisotopic (exact) mass is 272 g/mol. The third-order valence-corrected chi connectivity index (χ3v) is 4.47. The van der Waals surface area contributed by atoms with Crippen molar-refractivity contribution in [3.63, 3.8) is 0 Å². The number of hydrogen-bond acceptors (Lipinski definition) is 7. The Labute approximate surface area is 104 Å². The molecule has 1 aliphatic heterocycles. The van der Waals surface area contributed by atoms with Gasteiger partial charge in [0.2, 0.25) is 5.95 Å². The van der Waals surface area contributed by atoms with Gasteiger partial charge in [0.15, 0.2) is 9.84 Å². The molecule has 1 aromatic rings. The molecule has 1 aliphatic rings. The first-order valence-electron chi connectivity index (χ1n) is 5.40. The highest BCUT2D eigenvalue weighted by Crippen LogP contribution is 2.16. The molecule has 0 radical (unpaired) electrons. The van der Waals surface area contributed by atoms with Crippen LogP contribution in [0, 0.1) is 10.1 Å². The molecule has 2 rings (SSSR count). The van der Waals surface area contributed by atoms with Gasteiger partial charge in [-0.15, -0.1) is 0 Å². The molecule has 0 saturated carbocycles. The Morgan fingerprint density at radius 1 is 1.39 bits per heavy atom. The van der Waals surface area contributed by atoms with E-state index in [9.17, 15) is 18.5 Å². The first-order chi connectivity index (χ1) is 8.46. The van der Waals surface area contributed by atoms with Crippen LogP contribution in [-0.4, -0.2) is 40.9 Å². The molecule has 1 atom stereocenters. The molecule has 1 aromatic heterocycles. The summed E-state index contributed by atoms with van der Waals surface area (Å²) >= 11 is 0. The predicted octanol–water partition coefficient (Wildman–Crippen LogP) is 0.374. The summed E-state index contributed by atoms with van der Waals surface area (Å²) in [6.07, 6.45) is 3.51. The molecule has 1 saturated heterocycles. The Bertz CT molecular complexity index is 542. The average Bonchev–Trinajstić information content (AvgIpc) is 2.28. The van der Waals surface area contributed by atoms with Crippen LogP contribution in [-0.2, 0) is 9.84 Å². The molecule has 18 heavy (non-hydrogen) atoms. The van der Waals surface area contributed by atoms with E-state index in [0.717, 1.165) is 18.8 Å². The van der Waals surface area contributed by atoms with Crippen molar-refractivity contribution in [2.24, 2.45) is 0 Å². The van der Waals surface area contributed by atoms with Gasteiger partial charge in [-0.2, -0.15) is 0 Å². The highest BCUT2D eigenvalue weighted by atomic mass is 32.2. The molecule has 0 spiro atoms. The third-order valence-electron chi connectivity index (χ3n) is 2.65. The Balaban J connectivity index is 2.03. The zero-order chi connectivity index (χ0) is 13.2. The van der Waals surface area contributed by atoms with Gasteiger partial charge in [-0.25, -0.2) is 18.4 Å². The minimum atomic E-state index is -3.00. The topological polar surface area (TPSA) is 115 Å². The molecule has 1 unspecified atom stereocenters. The SMILES string of the molecule is O=[N+]([O-])c1cnc(NC2CCCS(=O)(=O)C2)nc1. The molecule has 1 N–H and O–H groups in total. The highest BCUT2D eigenvalue weighted by Gasteiger charge is 2.25. The Morgan fingerprint density at radius 2 is 2.06 bits per heavy atom. The second-order valence-corrected chi connectivity index (χ2v) is 6.35. The Morgan fingerprint density at radius 3 is 2.61 bits per heavy atom. The third kappa shape index (κ3) is 3.13. The standard InChI is InChI=1S/C9H12N4O4S/c14-13(15)8-4-10-9(11-5-8)12-7-2-1-3-18(16,17)6-7/h4-5,7H,1-3,6H2,(H,10,11,12). The van der Waals surface area contributed by atoms with Gasteiger partial charge >= 0.3 is 5.69 Å². The molecule has 9 heteroatoms. The maximum Gasteiger partial charge on any atom is 0.305 e. The number of aromatic nitrogens is 2. The summed E-state index contributed by atoms with van der Waals surface area (Å²) in [5.74, 6) is 0.474. The van der Waals surface area contributed by atoms with Gasteiger partial charge in [0.1, 0.15) is 12.4 Å². The second kappa shape index (κ2) is 4.84. The van der Waals surface area contributed by atoms with E-state index < -0.39 is 14.8 Å². The highest BCUT2D eigenvalue weighted by molar-refractivity contribution is 7.91. The van der Waals surface area contributed by atoms with Gasteiger partial charge in [-0.1, -0.05) is 0 Å². The van der Waals surface area contributed by atoms with Crippen molar-refractivity contribution < 1.29 is 13.3 Å². The fourth-order valence-electron chi connectivity index (χ4n) is 1.81. The molecule has 0 aromatic carbocycles. The van der Waals surface area contributed by atoms with Gasteiger partial charge in [0.05, 0.1) is 16.4 Å². The van der Waals surface area contributed by atoms with E-state index in [-0.39, 0.29) is 29.2 Å². The molecule has 0 amide bonds. The number of sulfone groups is 1. The van der Waals surface area contributed by atoms with Crippen molar-refractivity contribution in [2.45, 2.75) is 18.9 Å². The van der Waals surface area contributed by atoms with Crippen LogP contribution in [0.3, 0.4) is 0 Å². The maximum absolute atomic E-state index is 11.4. The van der Waals surface area contributed by atoms with Crippen molar-refractivity contribution in [2.75, 3.05) is 16.8 Å². The quantitative estimate of drug-likeness (QED) is 0.624. The first-order valence-corrected chi connectivity index (χ1v) is 7.22. The summed E-state index contributed by atoms with van der Waals surface area (Å²) in [6, 6.07) is -0.231. The predicted molar refractivity (Wildman–Crippen MR) is 64.0 cm³/mol. The van der Waals surface area contributed by atoms with Crippen molar-refractivity contribution in [3.8, 4) is 0 Å². The lowest BCUT2D eigenvalue weighted by atomic mass is 10.2. The fraction of sp³-hybridized carbons (Fsp3) is 0.556. The van der Waals surface area contributed by atoms with Gasteiger partial charge in [0.25, 0.3) is 0 Å². The molecule has 0 aliphatic carbocycles. The van der Waals surface area contributed by atoms with Crippen molar-refractivity contribution >= 4 is 21.5 Å². The smallest absolute Gasteiger partial charge is 0.305 e. The summed E-state index contributed by atoms with van der Waals surface area (Å²) in [6.45, 7) is 0. The average molecular weight is 272 g/mol. The largest absolute Gasteiger partial charge is 0.350 e. The van der Waals surface area contributed by atoms with Gasteiger partial charge in [0, 0.05) is 6.04 Å².